The zero-order valence-electron chi connectivity index (χ0n) is 18.0. The number of nitrogens with zero attached hydrogens (tertiary/aromatic N) is 5. The van der Waals surface area contributed by atoms with Crippen molar-refractivity contribution in [2.45, 2.75) is 57.2 Å². The molecule has 0 spiro atoms. The first-order chi connectivity index (χ1) is 15.6. The highest BCUT2D eigenvalue weighted by molar-refractivity contribution is 5.93. The van der Waals surface area contributed by atoms with Crippen molar-refractivity contribution < 1.29 is 27.9 Å². The van der Waals surface area contributed by atoms with E-state index in [1.165, 1.54) is 25.7 Å². The van der Waals surface area contributed by atoms with Gasteiger partial charge in [-0.05, 0) is 43.7 Å². The fraction of sp³-hybridized carbons (Fsp3) is 0.571. The largest absolute Gasteiger partial charge is 0.490 e. The average molecular weight is 468 g/mol. The second kappa shape index (κ2) is 10.6. The first-order valence-corrected chi connectivity index (χ1v) is 10.8. The van der Waals surface area contributed by atoms with Crippen molar-refractivity contribution in [1.29, 1.82) is 0 Å². The number of amides is 1. The van der Waals surface area contributed by atoms with Crippen LogP contribution in [-0.2, 0) is 11.3 Å². The molecule has 12 heteroatoms. The lowest BCUT2D eigenvalue weighted by Crippen LogP contribution is -2.39. The standard InChI is InChI=1S/C19H26N6O.C2HF3O2/c20-16-5-8-21-17(11-16)19(26)24-9-6-14(7-10-24)12-25-13-18(22-23-25)15-3-1-2-4-15;3-2(4,5)1(6)7/h5,8,11,13-15H,1-4,6-7,9-10,12H2,(H2,20,21);(H,6,7). The molecule has 0 atom stereocenters. The predicted octanol–water partition coefficient (Wildman–Crippen LogP) is 3.10. The van der Waals surface area contributed by atoms with E-state index in [0.29, 0.717) is 23.2 Å². The van der Waals surface area contributed by atoms with Crippen LogP contribution in [0.1, 0.15) is 60.6 Å². The lowest BCUT2D eigenvalue weighted by molar-refractivity contribution is -0.192. The Kier molecular flexibility index (Phi) is 7.88. The monoisotopic (exact) mass is 468 g/mol. The number of aromatic nitrogens is 4. The topological polar surface area (TPSA) is 127 Å². The lowest BCUT2D eigenvalue weighted by Gasteiger charge is -2.31. The molecule has 3 heterocycles. The maximum Gasteiger partial charge on any atom is 0.490 e. The Labute approximate surface area is 188 Å². The number of piperidine rings is 1. The van der Waals surface area contributed by atoms with Crippen LogP contribution in [0.2, 0.25) is 0 Å². The molecule has 2 aromatic heterocycles. The van der Waals surface area contributed by atoms with Crippen molar-refractivity contribution in [2.75, 3.05) is 18.8 Å². The molecule has 1 amide bonds. The van der Waals surface area contributed by atoms with Gasteiger partial charge in [-0.25, -0.2) is 4.79 Å². The molecular formula is C21H27F3N6O3. The van der Waals surface area contributed by atoms with Gasteiger partial charge in [-0.15, -0.1) is 5.10 Å². The number of nitrogens with two attached hydrogens (primary N) is 1. The minimum absolute atomic E-state index is 0.0278. The van der Waals surface area contributed by atoms with Gasteiger partial charge in [-0.3, -0.25) is 14.5 Å². The average Bonchev–Trinajstić information content (AvgIpc) is 3.46. The third-order valence-corrected chi connectivity index (χ3v) is 5.92. The number of alkyl halides is 3. The summed E-state index contributed by atoms with van der Waals surface area (Å²) in [4.78, 5) is 27.5. The van der Waals surface area contributed by atoms with Crippen LogP contribution in [-0.4, -0.2) is 61.1 Å². The van der Waals surface area contributed by atoms with Crippen LogP contribution in [0.15, 0.2) is 24.5 Å². The molecule has 0 unspecified atom stereocenters. The van der Waals surface area contributed by atoms with Crippen molar-refractivity contribution in [3.63, 3.8) is 0 Å². The van der Waals surface area contributed by atoms with E-state index in [-0.39, 0.29) is 5.91 Å². The van der Waals surface area contributed by atoms with Crippen molar-refractivity contribution in [3.05, 3.63) is 35.9 Å². The quantitative estimate of drug-likeness (QED) is 0.706. The molecule has 180 valence electrons. The normalized spacial score (nSPS) is 17.5. The fourth-order valence-corrected chi connectivity index (χ4v) is 4.12. The van der Waals surface area contributed by atoms with Crippen LogP contribution >= 0.6 is 0 Å². The molecule has 2 aromatic rings. The molecule has 1 aliphatic heterocycles. The number of hydrogen-bond acceptors (Lipinski definition) is 6. The van der Waals surface area contributed by atoms with Gasteiger partial charge in [-0.2, -0.15) is 13.2 Å². The van der Waals surface area contributed by atoms with Crippen LogP contribution in [0.25, 0.3) is 0 Å². The van der Waals surface area contributed by atoms with Crippen LogP contribution in [0.3, 0.4) is 0 Å². The highest BCUT2D eigenvalue weighted by Gasteiger charge is 2.38. The summed E-state index contributed by atoms with van der Waals surface area (Å²) in [5.74, 6) is -1.65. The number of anilines is 1. The smallest absolute Gasteiger partial charge is 0.475 e. The molecule has 0 radical (unpaired) electrons. The zero-order valence-corrected chi connectivity index (χ0v) is 18.0. The number of carbonyl (C=O) groups excluding carboxylic acids is 1. The number of carbonyl (C=O) groups is 2. The van der Waals surface area contributed by atoms with E-state index in [0.717, 1.165) is 38.2 Å². The molecule has 9 nitrogen and oxygen atoms in total. The van der Waals surface area contributed by atoms with Gasteiger partial charge in [-0.1, -0.05) is 18.1 Å². The Bertz CT molecular complexity index is 951. The highest BCUT2D eigenvalue weighted by atomic mass is 19.4. The molecule has 2 fully saturated rings. The number of pyridine rings is 1. The Morgan fingerprint density at radius 1 is 1.15 bits per heavy atom. The summed E-state index contributed by atoms with van der Waals surface area (Å²) >= 11 is 0. The number of hydrogen-bond donors (Lipinski definition) is 2. The number of carboxylic acids is 1. The second-order valence-electron chi connectivity index (χ2n) is 8.36. The minimum Gasteiger partial charge on any atom is -0.475 e. The second-order valence-corrected chi connectivity index (χ2v) is 8.36. The zero-order chi connectivity index (χ0) is 24.0. The molecule has 3 N–H and O–H groups in total. The molecule has 0 bridgehead atoms. The van der Waals surface area contributed by atoms with Crippen molar-refractivity contribution >= 4 is 17.6 Å². The molecule has 1 saturated carbocycles. The number of carboxylic acid groups (broad SMARTS) is 1. The molecule has 1 aliphatic carbocycles. The summed E-state index contributed by atoms with van der Waals surface area (Å²) in [7, 11) is 0. The first-order valence-electron chi connectivity index (χ1n) is 10.8. The van der Waals surface area contributed by atoms with E-state index in [9.17, 15) is 18.0 Å². The van der Waals surface area contributed by atoms with E-state index in [1.54, 1.807) is 18.3 Å². The molecular weight excluding hydrogens is 441 g/mol. The van der Waals surface area contributed by atoms with Gasteiger partial charge in [0.15, 0.2) is 0 Å². The molecule has 4 rings (SSSR count). The van der Waals surface area contributed by atoms with Crippen LogP contribution < -0.4 is 5.73 Å². The van der Waals surface area contributed by atoms with Gasteiger partial charge in [0.2, 0.25) is 0 Å². The van der Waals surface area contributed by atoms with Gasteiger partial charge < -0.3 is 15.7 Å². The first kappa shape index (κ1) is 24.5. The van der Waals surface area contributed by atoms with Crippen molar-refractivity contribution in [2.24, 2.45) is 5.92 Å². The third kappa shape index (κ3) is 6.90. The summed E-state index contributed by atoms with van der Waals surface area (Å²) in [6.45, 7) is 2.40. The summed E-state index contributed by atoms with van der Waals surface area (Å²) in [5.41, 5.74) is 7.91. The highest BCUT2D eigenvalue weighted by Crippen LogP contribution is 2.32. The summed E-state index contributed by atoms with van der Waals surface area (Å²) in [5, 5.41) is 15.8. The van der Waals surface area contributed by atoms with Gasteiger partial charge in [0.05, 0.1) is 5.69 Å². The SMILES string of the molecule is Nc1ccnc(C(=O)N2CCC(Cn3cc(C4CCCC4)nn3)CC2)c1.O=C(O)C(F)(F)F. The molecule has 0 aromatic carbocycles. The molecule has 1 saturated heterocycles. The predicted molar refractivity (Wildman–Crippen MR) is 112 cm³/mol. The Morgan fingerprint density at radius 2 is 1.79 bits per heavy atom. The third-order valence-electron chi connectivity index (χ3n) is 5.92. The molecule has 2 aliphatic rings. The Morgan fingerprint density at radius 3 is 2.36 bits per heavy atom. The maximum absolute atomic E-state index is 12.5. The number of halogens is 3. The van der Waals surface area contributed by atoms with Crippen molar-refractivity contribution in [3.8, 4) is 0 Å². The van der Waals surface area contributed by atoms with Gasteiger partial charge in [0.1, 0.15) is 5.69 Å². The van der Waals surface area contributed by atoms with E-state index in [4.69, 9.17) is 15.6 Å². The Balaban J connectivity index is 0.000000383. The maximum atomic E-state index is 12.5. The van der Waals surface area contributed by atoms with E-state index in [1.807, 2.05) is 9.58 Å². The van der Waals surface area contributed by atoms with Crippen molar-refractivity contribution in [1.82, 2.24) is 24.9 Å². The van der Waals surface area contributed by atoms with Gasteiger partial charge >= 0.3 is 12.1 Å². The summed E-state index contributed by atoms with van der Waals surface area (Å²) in [6, 6.07) is 3.34. The number of rotatable bonds is 4. The van der Waals surface area contributed by atoms with E-state index < -0.39 is 12.1 Å². The summed E-state index contributed by atoms with van der Waals surface area (Å²) < 4.78 is 33.7. The number of aliphatic carboxylic acids is 1. The minimum atomic E-state index is -5.08. The van der Waals surface area contributed by atoms with Gasteiger partial charge in [0.25, 0.3) is 5.91 Å². The van der Waals surface area contributed by atoms with Gasteiger partial charge in [0, 0.05) is 43.6 Å². The van der Waals surface area contributed by atoms with Crippen LogP contribution in [0.4, 0.5) is 18.9 Å². The van der Waals surface area contributed by atoms with Crippen LogP contribution in [0, 0.1) is 5.92 Å². The Hall–Kier alpha value is -3.18. The fourth-order valence-electron chi connectivity index (χ4n) is 4.12. The van der Waals surface area contributed by atoms with Crippen LogP contribution in [0.5, 0.6) is 0 Å². The lowest BCUT2D eigenvalue weighted by atomic mass is 9.96. The molecule has 33 heavy (non-hydrogen) atoms. The summed E-state index contributed by atoms with van der Waals surface area (Å²) in [6.07, 6.45) is 5.71. The van der Waals surface area contributed by atoms with E-state index >= 15 is 0 Å². The number of likely N-dealkylation sites (tertiary alicyclic amines) is 1. The number of nitrogen functional groups attached to an aromatic ring is 1. The van der Waals surface area contributed by atoms with E-state index in [2.05, 4.69) is 21.5 Å².